The number of halogens is 5. The first-order valence-corrected chi connectivity index (χ1v) is 8.75. The third-order valence-corrected chi connectivity index (χ3v) is 4.56. The standard InChI is InChI=1S/C14H11Cl2F3N4O2S/c1-6(24)25-21-5-9-12(26-2)13(20)23(22-9)11-8(15)4-3-7(10(11)16)14(17,18)19/h3-5H,20H2,1-2H3/b21-5+. The van der Waals surface area contributed by atoms with Crippen molar-refractivity contribution >= 4 is 53.0 Å². The second kappa shape index (κ2) is 7.77. The van der Waals surface area contributed by atoms with Crippen LogP contribution in [0.2, 0.25) is 10.0 Å². The van der Waals surface area contributed by atoms with Crippen LogP contribution in [0.3, 0.4) is 0 Å². The van der Waals surface area contributed by atoms with E-state index in [4.69, 9.17) is 28.9 Å². The topological polar surface area (TPSA) is 82.5 Å². The summed E-state index contributed by atoms with van der Waals surface area (Å²) >= 11 is 13.1. The number of benzene rings is 1. The summed E-state index contributed by atoms with van der Waals surface area (Å²) in [7, 11) is 0. The van der Waals surface area contributed by atoms with Crippen LogP contribution in [-0.2, 0) is 15.8 Å². The number of nitrogens with zero attached hydrogens (tertiary/aromatic N) is 3. The number of hydrogen-bond acceptors (Lipinski definition) is 6. The summed E-state index contributed by atoms with van der Waals surface area (Å²) in [6.07, 6.45) is -1.90. The average Bonchev–Trinajstić information content (AvgIpc) is 2.81. The monoisotopic (exact) mass is 426 g/mol. The number of aromatic nitrogens is 2. The number of nitrogen functional groups attached to an aromatic ring is 1. The molecule has 0 aliphatic carbocycles. The maximum absolute atomic E-state index is 13.1. The molecule has 26 heavy (non-hydrogen) atoms. The van der Waals surface area contributed by atoms with Gasteiger partial charge in [0.15, 0.2) is 0 Å². The molecule has 2 aromatic rings. The highest BCUT2D eigenvalue weighted by Gasteiger charge is 2.35. The van der Waals surface area contributed by atoms with Crippen LogP contribution in [0.1, 0.15) is 18.2 Å². The van der Waals surface area contributed by atoms with Gasteiger partial charge in [-0.05, 0) is 18.4 Å². The Balaban J connectivity index is 2.65. The van der Waals surface area contributed by atoms with Crippen molar-refractivity contribution in [3.8, 4) is 5.69 Å². The van der Waals surface area contributed by atoms with Gasteiger partial charge in [-0.25, -0.2) is 9.48 Å². The summed E-state index contributed by atoms with van der Waals surface area (Å²) in [5, 5.41) is 6.80. The number of rotatable bonds is 4. The molecule has 0 atom stereocenters. The SMILES string of the molecule is CSc1c(/C=N/OC(C)=O)nn(-c2c(Cl)ccc(C(F)(F)F)c2Cl)c1N. The number of carbonyl (C=O) groups excluding carboxylic acids is 1. The summed E-state index contributed by atoms with van der Waals surface area (Å²) in [4.78, 5) is 15.6. The van der Waals surface area contributed by atoms with Gasteiger partial charge >= 0.3 is 12.1 Å². The fraction of sp³-hybridized carbons (Fsp3) is 0.214. The number of carbonyl (C=O) groups is 1. The third-order valence-electron chi connectivity index (χ3n) is 3.05. The van der Waals surface area contributed by atoms with E-state index < -0.39 is 22.7 Å². The predicted octanol–water partition coefficient (Wildman–Crippen LogP) is 4.40. The van der Waals surface area contributed by atoms with E-state index in [9.17, 15) is 18.0 Å². The zero-order valence-corrected chi connectivity index (χ0v) is 15.6. The van der Waals surface area contributed by atoms with E-state index >= 15 is 0 Å². The summed E-state index contributed by atoms with van der Waals surface area (Å²) in [6, 6.07) is 1.82. The van der Waals surface area contributed by atoms with Crippen molar-refractivity contribution in [2.24, 2.45) is 5.16 Å². The molecule has 0 saturated heterocycles. The minimum atomic E-state index is -4.68. The molecule has 140 valence electrons. The molecule has 12 heteroatoms. The molecule has 0 saturated carbocycles. The van der Waals surface area contributed by atoms with Crippen molar-refractivity contribution < 1.29 is 22.8 Å². The van der Waals surface area contributed by atoms with E-state index in [-0.39, 0.29) is 22.2 Å². The second-order valence-corrected chi connectivity index (χ2v) is 6.39. The van der Waals surface area contributed by atoms with Crippen molar-refractivity contribution in [2.75, 3.05) is 12.0 Å². The van der Waals surface area contributed by atoms with Crippen LogP contribution in [-0.4, -0.2) is 28.2 Å². The number of oxime groups is 1. The van der Waals surface area contributed by atoms with Gasteiger partial charge in [0.05, 0.1) is 26.7 Å². The van der Waals surface area contributed by atoms with Gasteiger partial charge in [0.1, 0.15) is 17.2 Å². The first kappa shape index (κ1) is 20.4. The number of thioether (sulfide) groups is 1. The summed E-state index contributed by atoms with van der Waals surface area (Å²) in [5.41, 5.74) is 4.86. The highest BCUT2D eigenvalue weighted by molar-refractivity contribution is 7.98. The molecular weight excluding hydrogens is 416 g/mol. The van der Waals surface area contributed by atoms with Crippen LogP contribution >= 0.6 is 35.0 Å². The number of alkyl halides is 3. The van der Waals surface area contributed by atoms with Crippen molar-refractivity contribution in [3.05, 3.63) is 33.4 Å². The molecule has 0 amide bonds. The lowest BCUT2D eigenvalue weighted by molar-refractivity contribution is -0.141. The van der Waals surface area contributed by atoms with Gasteiger partial charge in [0, 0.05) is 6.92 Å². The molecule has 0 radical (unpaired) electrons. The maximum atomic E-state index is 13.1. The van der Waals surface area contributed by atoms with E-state index in [0.717, 1.165) is 30.0 Å². The van der Waals surface area contributed by atoms with Crippen molar-refractivity contribution in [2.45, 2.75) is 18.0 Å². The molecule has 1 heterocycles. The number of anilines is 1. The predicted molar refractivity (Wildman–Crippen MR) is 94.1 cm³/mol. The normalized spacial score (nSPS) is 12.0. The smallest absolute Gasteiger partial charge is 0.383 e. The first-order chi connectivity index (χ1) is 12.1. The lowest BCUT2D eigenvalue weighted by Crippen LogP contribution is -2.10. The minimum absolute atomic E-state index is 0.00454. The van der Waals surface area contributed by atoms with Gasteiger partial charge in [-0.1, -0.05) is 28.4 Å². The summed E-state index contributed by atoms with van der Waals surface area (Å²) in [6.45, 7) is 1.15. The molecule has 0 bridgehead atoms. The van der Waals surface area contributed by atoms with E-state index in [1.807, 2.05) is 0 Å². The molecule has 0 spiro atoms. The quantitative estimate of drug-likeness (QED) is 0.339. The Bertz CT molecular complexity index is 884. The molecule has 6 nitrogen and oxygen atoms in total. The minimum Gasteiger partial charge on any atom is -0.383 e. The average molecular weight is 427 g/mol. The van der Waals surface area contributed by atoms with Crippen molar-refractivity contribution in [1.82, 2.24) is 9.78 Å². The molecule has 0 unspecified atom stereocenters. The fourth-order valence-corrected chi connectivity index (χ4v) is 3.24. The Kier molecular flexibility index (Phi) is 6.09. The summed E-state index contributed by atoms with van der Waals surface area (Å²) < 4.78 is 40.3. The van der Waals surface area contributed by atoms with Crippen molar-refractivity contribution in [3.63, 3.8) is 0 Å². The zero-order valence-electron chi connectivity index (χ0n) is 13.3. The Labute approximate surface area is 160 Å². The van der Waals surface area contributed by atoms with Crippen LogP contribution in [0.5, 0.6) is 0 Å². The highest BCUT2D eigenvalue weighted by Crippen LogP contribution is 2.42. The zero-order chi connectivity index (χ0) is 19.6. The van der Waals surface area contributed by atoms with Crippen LogP contribution < -0.4 is 5.73 Å². The molecular formula is C14H11Cl2F3N4O2S. The molecule has 2 rings (SSSR count). The number of hydrogen-bond donors (Lipinski definition) is 1. The largest absolute Gasteiger partial charge is 0.417 e. The van der Waals surface area contributed by atoms with Gasteiger partial charge in [-0.3, -0.25) is 0 Å². The van der Waals surface area contributed by atoms with Gasteiger partial charge in [0.25, 0.3) is 0 Å². The van der Waals surface area contributed by atoms with Crippen LogP contribution in [0.25, 0.3) is 5.69 Å². The van der Waals surface area contributed by atoms with E-state index in [1.54, 1.807) is 6.26 Å². The maximum Gasteiger partial charge on any atom is 0.417 e. The lowest BCUT2D eigenvalue weighted by Gasteiger charge is -2.14. The molecule has 0 fully saturated rings. The second-order valence-electron chi connectivity index (χ2n) is 4.79. The molecule has 1 aromatic carbocycles. The molecule has 2 N–H and O–H groups in total. The molecule has 1 aromatic heterocycles. The number of nitrogens with two attached hydrogens (primary N) is 1. The van der Waals surface area contributed by atoms with Crippen LogP contribution in [0, 0.1) is 0 Å². The Morgan fingerprint density at radius 1 is 1.42 bits per heavy atom. The van der Waals surface area contributed by atoms with Gasteiger partial charge in [-0.2, -0.15) is 18.3 Å². The highest BCUT2D eigenvalue weighted by atomic mass is 35.5. The molecule has 0 aliphatic rings. The van der Waals surface area contributed by atoms with Crippen molar-refractivity contribution in [1.29, 1.82) is 0 Å². The van der Waals surface area contributed by atoms with E-state index in [1.165, 1.54) is 11.8 Å². The Hall–Kier alpha value is -1.91. The summed E-state index contributed by atoms with van der Waals surface area (Å²) in [5.74, 6) is -0.645. The van der Waals surface area contributed by atoms with E-state index in [2.05, 4.69) is 15.1 Å². The van der Waals surface area contributed by atoms with Crippen LogP contribution in [0.15, 0.2) is 22.2 Å². The Morgan fingerprint density at radius 3 is 2.62 bits per heavy atom. The van der Waals surface area contributed by atoms with Gasteiger partial charge in [-0.15, -0.1) is 11.8 Å². The lowest BCUT2D eigenvalue weighted by atomic mass is 10.2. The Morgan fingerprint density at radius 2 is 2.08 bits per heavy atom. The van der Waals surface area contributed by atoms with Crippen LogP contribution in [0.4, 0.5) is 19.0 Å². The fourth-order valence-electron chi connectivity index (χ4n) is 2.00. The van der Waals surface area contributed by atoms with E-state index in [0.29, 0.717) is 4.90 Å². The molecule has 0 aliphatic heterocycles. The van der Waals surface area contributed by atoms with Gasteiger partial charge < -0.3 is 10.6 Å². The third kappa shape index (κ3) is 4.08. The van der Waals surface area contributed by atoms with Gasteiger partial charge in [0.2, 0.25) is 0 Å². The first-order valence-electron chi connectivity index (χ1n) is 6.77.